The quantitative estimate of drug-likeness (QED) is 0.681. The van der Waals surface area contributed by atoms with Gasteiger partial charge in [-0.2, -0.15) is 0 Å². The lowest BCUT2D eigenvalue weighted by Crippen LogP contribution is -2.38. The Labute approximate surface area is 86.9 Å². The summed E-state index contributed by atoms with van der Waals surface area (Å²) in [7, 11) is 4.27. The van der Waals surface area contributed by atoms with Gasteiger partial charge in [-0.3, -0.25) is 0 Å². The van der Waals surface area contributed by atoms with E-state index in [-0.39, 0.29) is 0 Å². The van der Waals surface area contributed by atoms with Crippen LogP contribution in [-0.4, -0.2) is 25.0 Å². The first-order valence-electron chi connectivity index (χ1n) is 4.77. The van der Waals surface area contributed by atoms with Crippen LogP contribution in [0.25, 0.3) is 0 Å². The number of rotatable bonds is 3. The number of nitrogens with zero attached hydrogens (tertiary/aromatic N) is 1. The summed E-state index contributed by atoms with van der Waals surface area (Å²) >= 11 is 4.49. The lowest BCUT2D eigenvalue weighted by atomic mass is 9.90. The molecule has 1 unspecified atom stereocenters. The Morgan fingerprint density at radius 3 is 2.31 bits per heavy atom. The molecule has 1 nitrogen and oxygen atoms in total. The van der Waals surface area contributed by atoms with Crippen molar-refractivity contribution in [3.8, 4) is 0 Å². The standard InChI is InChI=1S/C11H19NS/c1-8(2)11(12(3)4)9-6-5-7-10(9)13/h5-9,11,13H,1-4H3/t9?,11-/m1/s1. The van der Waals surface area contributed by atoms with E-state index in [0.29, 0.717) is 17.9 Å². The van der Waals surface area contributed by atoms with Gasteiger partial charge in [-0.15, -0.1) is 12.6 Å². The van der Waals surface area contributed by atoms with Crippen LogP contribution in [0.2, 0.25) is 0 Å². The molecule has 0 aromatic rings. The summed E-state index contributed by atoms with van der Waals surface area (Å²) in [5, 5.41) is 0. The second-order valence-electron chi connectivity index (χ2n) is 4.20. The van der Waals surface area contributed by atoms with Gasteiger partial charge in [0.1, 0.15) is 0 Å². The molecule has 0 spiro atoms. The first-order valence-corrected chi connectivity index (χ1v) is 5.22. The highest BCUT2D eigenvalue weighted by molar-refractivity contribution is 7.84. The highest BCUT2D eigenvalue weighted by Gasteiger charge is 2.27. The summed E-state index contributed by atoms with van der Waals surface area (Å²) in [5.41, 5.74) is 0. The van der Waals surface area contributed by atoms with Crippen molar-refractivity contribution in [2.24, 2.45) is 11.8 Å². The van der Waals surface area contributed by atoms with Gasteiger partial charge in [-0.05, 0) is 24.9 Å². The predicted molar refractivity (Wildman–Crippen MR) is 62.0 cm³/mol. The molecule has 2 atom stereocenters. The maximum Gasteiger partial charge on any atom is 0.0237 e. The van der Waals surface area contributed by atoms with Crippen LogP contribution in [0.15, 0.2) is 23.1 Å². The fraction of sp³-hybridized carbons (Fsp3) is 0.636. The third-order valence-corrected chi connectivity index (χ3v) is 3.02. The maximum atomic E-state index is 4.49. The molecule has 2 heteroatoms. The number of allylic oxidation sites excluding steroid dienone is 2. The fourth-order valence-corrected chi connectivity index (χ4v) is 2.43. The van der Waals surface area contributed by atoms with Crippen molar-refractivity contribution in [3.05, 3.63) is 23.1 Å². The first kappa shape index (κ1) is 10.9. The normalized spacial score (nSPS) is 24.2. The first-order chi connectivity index (χ1) is 6.04. The Morgan fingerprint density at radius 2 is 2.00 bits per heavy atom. The van der Waals surface area contributed by atoms with Gasteiger partial charge in [0.25, 0.3) is 0 Å². The zero-order valence-corrected chi connectivity index (χ0v) is 9.75. The van der Waals surface area contributed by atoms with Gasteiger partial charge in [-0.25, -0.2) is 0 Å². The van der Waals surface area contributed by atoms with E-state index in [9.17, 15) is 0 Å². The minimum atomic E-state index is 0.485. The molecule has 0 N–H and O–H groups in total. The molecule has 1 rings (SSSR count). The lowest BCUT2D eigenvalue weighted by Gasteiger charge is -2.33. The summed E-state index contributed by atoms with van der Waals surface area (Å²) in [5.74, 6) is 1.14. The SMILES string of the molecule is CC(C)[C@H](C1C=CC=C1S)N(C)C. The van der Waals surface area contributed by atoms with Crippen LogP contribution >= 0.6 is 12.6 Å². The van der Waals surface area contributed by atoms with Crippen LogP contribution in [0, 0.1) is 11.8 Å². The Kier molecular flexibility index (Phi) is 3.63. The van der Waals surface area contributed by atoms with Crippen LogP contribution in [0.5, 0.6) is 0 Å². The molecule has 0 bridgehead atoms. The van der Waals surface area contributed by atoms with Gasteiger partial charge < -0.3 is 4.90 Å². The van der Waals surface area contributed by atoms with Gasteiger partial charge in [0.05, 0.1) is 0 Å². The second kappa shape index (κ2) is 4.34. The monoisotopic (exact) mass is 197 g/mol. The minimum Gasteiger partial charge on any atom is -0.305 e. The van der Waals surface area contributed by atoms with Gasteiger partial charge in [0, 0.05) is 12.0 Å². The largest absolute Gasteiger partial charge is 0.305 e. The predicted octanol–water partition coefficient (Wildman–Crippen LogP) is 2.57. The third kappa shape index (κ3) is 2.38. The average molecular weight is 197 g/mol. The molecular formula is C11H19NS. The molecule has 0 saturated heterocycles. The summed E-state index contributed by atoms with van der Waals surface area (Å²) < 4.78 is 0. The molecule has 0 heterocycles. The van der Waals surface area contributed by atoms with Crippen molar-refractivity contribution in [2.75, 3.05) is 14.1 Å². The van der Waals surface area contributed by atoms with E-state index >= 15 is 0 Å². The van der Waals surface area contributed by atoms with Crippen molar-refractivity contribution in [3.63, 3.8) is 0 Å². The van der Waals surface area contributed by atoms with Gasteiger partial charge in [0.2, 0.25) is 0 Å². The van der Waals surface area contributed by atoms with Crippen LogP contribution in [0.3, 0.4) is 0 Å². The Hall–Kier alpha value is -0.210. The van der Waals surface area contributed by atoms with Gasteiger partial charge in [-0.1, -0.05) is 32.1 Å². The number of hydrogen-bond acceptors (Lipinski definition) is 2. The summed E-state index contributed by atoms with van der Waals surface area (Å²) in [6, 6.07) is 0.558. The van der Waals surface area contributed by atoms with E-state index in [1.54, 1.807) is 0 Å². The smallest absolute Gasteiger partial charge is 0.0237 e. The molecule has 0 fully saturated rings. The van der Waals surface area contributed by atoms with Crippen molar-refractivity contribution in [1.29, 1.82) is 0 Å². The van der Waals surface area contributed by atoms with Gasteiger partial charge >= 0.3 is 0 Å². The molecule has 0 radical (unpaired) electrons. The number of thiol groups is 1. The maximum absolute atomic E-state index is 4.49. The average Bonchev–Trinajstić information content (AvgIpc) is 2.35. The summed E-state index contributed by atoms with van der Waals surface area (Å²) in [6.07, 6.45) is 6.44. The topological polar surface area (TPSA) is 3.24 Å². The second-order valence-corrected chi connectivity index (χ2v) is 4.72. The molecule has 0 aliphatic heterocycles. The van der Waals surface area contributed by atoms with E-state index in [2.05, 4.69) is 63.7 Å². The summed E-state index contributed by atoms with van der Waals surface area (Å²) in [4.78, 5) is 3.47. The van der Waals surface area contributed by atoms with Crippen LogP contribution < -0.4 is 0 Å². The number of hydrogen-bond donors (Lipinski definition) is 1. The molecule has 0 saturated carbocycles. The highest BCUT2D eigenvalue weighted by Crippen LogP contribution is 2.31. The molecule has 0 amide bonds. The Bertz CT molecular complexity index is 220. The molecular weight excluding hydrogens is 178 g/mol. The van der Waals surface area contributed by atoms with Crippen molar-refractivity contribution < 1.29 is 0 Å². The molecule has 74 valence electrons. The molecule has 0 aromatic heterocycles. The van der Waals surface area contributed by atoms with Crippen molar-refractivity contribution in [1.82, 2.24) is 4.90 Å². The minimum absolute atomic E-state index is 0.485. The van der Waals surface area contributed by atoms with Crippen LogP contribution in [-0.2, 0) is 0 Å². The molecule has 0 aromatic carbocycles. The molecule has 1 aliphatic carbocycles. The lowest BCUT2D eigenvalue weighted by molar-refractivity contribution is 0.202. The zero-order chi connectivity index (χ0) is 10.0. The van der Waals surface area contributed by atoms with E-state index in [0.717, 1.165) is 0 Å². The highest BCUT2D eigenvalue weighted by atomic mass is 32.1. The van der Waals surface area contributed by atoms with Crippen molar-refractivity contribution in [2.45, 2.75) is 19.9 Å². The molecule has 13 heavy (non-hydrogen) atoms. The van der Waals surface area contributed by atoms with Crippen LogP contribution in [0.1, 0.15) is 13.8 Å². The summed E-state index contributed by atoms with van der Waals surface area (Å²) in [6.45, 7) is 4.52. The van der Waals surface area contributed by atoms with Gasteiger partial charge in [0.15, 0.2) is 0 Å². The third-order valence-electron chi connectivity index (χ3n) is 2.57. The van der Waals surface area contributed by atoms with E-state index < -0.39 is 0 Å². The Morgan fingerprint density at radius 1 is 1.38 bits per heavy atom. The van der Waals surface area contributed by atoms with E-state index in [1.165, 1.54) is 4.91 Å². The van der Waals surface area contributed by atoms with Crippen LogP contribution in [0.4, 0.5) is 0 Å². The molecule has 1 aliphatic rings. The van der Waals surface area contributed by atoms with E-state index in [1.807, 2.05) is 0 Å². The van der Waals surface area contributed by atoms with E-state index in [4.69, 9.17) is 0 Å². The zero-order valence-electron chi connectivity index (χ0n) is 8.86. The Balaban J connectivity index is 2.77. The fourth-order valence-electron chi connectivity index (χ4n) is 2.10. The van der Waals surface area contributed by atoms with Crippen molar-refractivity contribution >= 4 is 12.6 Å².